The average Bonchev–Trinajstić information content (AvgIpc) is 2.46. The Kier molecular flexibility index (Phi) is 5.62. The van der Waals surface area contributed by atoms with Crippen molar-refractivity contribution in [3.05, 3.63) is 0 Å². The van der Waals surface area contributed by atoms with E-state index in [1.807, 2.05) is 6.92 Å². The molecule has 0 aliphatic carbocycles. The molecule has 2 heterocycles. The van der Waals surface area contributed by atoms with Crippen LogP contribution < -0.4 is 5.32 Å². The van der Waals surface area contributed by atoms with Crippen molar-refractivity contribution in [2.45, 2.75) is 37.9 Å². The fourth-order valence-corrected chi connectivity index (χ4v) is 4.94. The highest BCUT2D eigenvalue weighted by Crippen LogP contribution is 2.22. The Balaban J connectivity index is 1.98. The van der Waals surface area contributed by atoms with Gasteiger partial charge < -0.3 is 10.1 Å². The molecule has 2 fully saturated rings. The van der Waals surface area contributed by atoms with E-state index in [4.69, 9.17) is 4.74 Å². The van der Waals surface area contributed by atoms with Gasteiger partial charge in [0.1, 0.15) is 0 Å². The molecule has 19 heavy (non-hydrogen) atoms. The number of hydrogen-bond donors (Lipinski definition) is 1. The lowest BCUT2D eigenvalue weighted by molar-refractivity contribution is 0.0970. The predicted molar refractivity (Wildman–Crippen MR) is 75.6 cm³/mol. The van der Waals surface area contributed by atoms with Crippen molar-refractivity contribution in [2.75, 3.05) is 39.4 Å². The SMILES string of the molecule is CCN(CC1CCNCC1)S(=O)(=O)C1CCOCC1. The maximum absolute atomic E-state index is 12.6. The summed E-state index contributed by atoms with van der Waals surface area (Å²) < 4.78 is 32.3. The van der Waals surface area contributed by atoms with E-state index in [9.17, 15) is 8.42 Å². The Morgan fingerprint density at radius 3 is 2.37 bits per heavy atom. The lowest BCUT2D eigenvalue weighted by Gasteiger charge is -2.32. The second-order valence-electron chi connectivity index (χ2n) is 5.50. The Morgan fingerprint density at radius 2 is 1.79 bits per heavy atom. The van der Waals surface area contributed by atoms with E-state index in [-0.39, 0.29) is 5.25 Å². The molecule has 0 amide bonds. The highest BCUT2D eigenvalue weighted by molar-refractivity contribution is 7.89. The number of nitrogens with zero attached hydrogens (tertiary/aromatic N) is 1. The zero-order chi connectivity index (χ0) is 13.7. The molecule has 1 N–H and O–H groups in total. The van der Waals surface area contributed by atoms with Crippen LogP contribution in [-0.4, -0.2) is 57.4 Å². The van der Waals surface area contributed by atoms with Crippen LogP contribution in [0, 0.1) is 5.92 Å². The van der Waals surface area contributed by atoms with Crippen LogP contribution in [0.5, 0.6) is 0 Å². The van der Waals surface area contributed by atoms with Gasteiger partial charge in [0.2, 0.25) is 10.0 Å². The molecule has 0 unspecified atom stereocenters. The normalized spacial score (nSPS) is 23.9. The zero-order valence-corrected chi connectivity index (χ0v) is 12.6. The summed E-state index contributed by atoms with van der Waals surface area (Å²) in [4.78, 5) is 0. The van der Waals surface area contributed by atoms with Crippen molar-refractivity contribution >= 4 is 10.0 Å². The van der Waals surface area contributed by atoms with Gasteiger partial charge in [0.05, 0.1) is 5.25 Å². The lowest BCUT2D eigenvalue weighted by atomic mass is 9.98. The van der Waals surface area contributed by atoms with Gasteiger partial charge in [0.25, 0.3) is 0 Å². The third-order valence-electron chi connectivity index (χ3n) is 4.22. The van der Waals surface area contributed by atoms with Gasteiger partial charge >= 0.3 is 0 Å². The van der Waals surface area contributed by atoms with E-state index in [1.165, 1.54) is 0 Å². The first-order valence-electron chi connectivity index (χ1n) is 7.42. The van der Waals surface area contributed by atoms with Gasteiger partial charge in [-0.25, -0.2) is 12.7 Å². The summed E-state index contributed by atoms with van der Waals surface area (Å²) >= 11 is 0. The van der Waals surface area contributed by atoms with E-state index >= 15 is 0 Å². The first-order valence-corrected chi connectivity index (χ1v) is 8.92. The van der Waals surface area contributed by atoms with Crippen molar-refractivity contribution in [1.82, 2.24) is 9.62 Å². The molecule has 0 radical (unpaired) electrons. The molecule has 0 spiro atoms. The second-order valence-corrected chi connectivity index (χ2v) is 7.71. The molecule has 0 atom stereocenters. The van der Waals surface area contributed by atoms with Crippen molar-refractivity contribution in [3.63, 3.8) is 0 Å². The Morgan fingerprint density at radius 1 is 1.16 bits per heavy atom. The van der Waals surface area contributed by atoms with Gasteiger partial charge in [-0.1, -0.05) is 6.92 Å². The smallest absolute Gasteiger partial charge is 0.217 e. The topological polar surface area (TPSA) is 58.6 Å². The number of ether oxygens (including phenoxy) is 1. The summed E-state index contributed by atoms with van der Waals surface area (Å²) in [6.45, 7) is 6.40. The van der Waals surface area contributed by atoms with Gasteiger partial charge in [-0.05, 0) is 44.7 Å². The summed E-state index contributed by atoms with van der Waals surface area (Å²) in [5.74, 6) is 0.510. The molecule has 0 bridgehead atoms. The molecule has 0 aromatic rings. The van der Waals surface area contributed by atoms with E-state index < -0.39 is 10.0 Å². The van der Waals surface area contributed by atoms with Crippen LogP contribution in [0.1, 0.15) is 32.6 Å². The number of hydrogen-bond acceptors (Lipinski definition) is 4. The first-order chi connectivity index (χ1) is 9.14. The van der Waals surface area contributed by atoms with Gasteiger partial charge in [-0.3, -0.25) is 0 Å². The molecule has 2 rings (SSSR count). The van der Waals surface area contributed by atoms with Crippen LogP contribution in [0.15, 0.2) is 0 Å². The van der Waals surface area contributed by atoms with Gasteiger partial charge in [0, 0.05) is 26.3 Å². The van der Waals surface area contributed by atoms with Crippen LogP contribution in [0.2, 0.25) is 0 Å². The van der Waals surface area contributed by atoms with Crippen molar-refractivity contribution < 1.29 is 13.2 Å². The van der Waals surface area contributed by atoms with Crippen LogP contribution in [0.25, 0.3) is 0 Å². The monoisotopic (exact) mass is 290 g/mol. The molecule has 0 saturated carbocycles. The van der Waals surface area contributed by atoms with Crippen LogP contribution >= 0.6 is 0 Å². The summed E-state index contributed by atoms with van der Waals surface area (Å²) in [6, 6.07) is 0. The molecular weight excluding hydrogens is 264 g/mol. The second kappa shape index (κ2) is 7.02. The van der Waals surface area contributed by atoms with Gasteiger partial charge in [-0.15, -0.1) is 0 Å². The van der Waals surface area contributed by atoms with E-state index in [0.29, 0.717) is 45.1 Å². The minimum Gasteiger partial charge on any atom is -0.381 e. The van der Waals surface area contributed by atoms with E-state index in [0.717, 1.165) is 25.9 Å². The first kappa shape index (κ1) is 15.2. The highest BCUT2D eigenvalue weighted by Gasteiger charge is 2.33. The minimum absolute atomic E-state index is 0.233. The highest BCUT2D eigenvalue weighted by atomic mass is 32.2. The Hall–Kier alpha value is -0.170. The maximum Gasteiger partial charge on any atom is 0.217 e. The molecule has 6 heteroatoms. The largest absolute Gasteiger partial charge is 0.381 e. The maximum atomic E-state index is 12.6. The molecule has 0 aromatic heterocycles. The molecule has 2 aliphatic rings. The van der Waals surface area contributed by atoms with Gasteiger partial charge in [0.15, 0.2) is 0 Å². The van der Waals surface area contributed by atoms with Crippen molar-refractivity contribution in [1.29, 1.82) is 0 Å². The Bertz CT molecular complexity index is 360. The molecule has 0 aromatic carbocycles. The molecule has 2 aliphatic heterocycles. The summed E-state index contributed by atoms with van der Waals surface area (Å²) in [5.41, 5.74) is 0. The predicted octanol–water partition coefficient (Wildman–Crippen LogP) is 0.817. The number of piperidine rings is 1. The molecule has 2 saturated heterocycles. The number of sulfonamides is 1. The summed E-state index contributed by atoms with van der Waals surface area (Å²) in [6.07, 6.45) is 3.45. The van der Waals surface area contributed by atoms with Crippen LogP contribution in [0.4, 0.5) is 0 Å². The summed E-state index contributed by atoms with van der Waals surface area (Å²) in [5, 5.41) is 3.09. The third-order valence-corrected chi connectivity index (χ3v) is 6.66. The lowest BCUT2D eigenvalue weighted by Crippen LogP contribution is -2.44. The van der Waals surface area contributed by atoms with Crippen molar-refractivity contribution in [3.8, 4) is 0 Å². The summed E-state index contributed by atoms with van der Waals surface area (Å²) in [7, 11) is -3.14. The number of nitrogens with one attached hydrogen (secondary N) is 1. The minimum atomic E-state index is -3.14. The molecule has 5 nitrogen and oxygen atoms in total. The third kappa shape index (κ3) is 3.90. The molecule has 112 valence electrons. The van der Waals surface area contributed by atoms with Crippen LogP contribution in [0.3, 0.4) is 0 Å². The molecular formula is C13H26N2O3S. The van der Waals surface area contributed by atoms with E-state index in [2.05, 4.69) is 5.32 Å². The Labute approximate surface area is 116 Å². The number of rotatable bonds is 5. The van der Waals surface area contributed by atoms with Gasteiger partial charge in [-0.2, -0.15) is 0 Å². The quantitative estimate of drug-likeness (QED) is 0.814. The average molecular weight is 290 g/mol. The van der Waals surface area contributed by atoms with Crippen LogP contribution in [-0.2, 0) is 14.8 Å². The fourth-order valence-electron chi connectivity index (χ4n) is 2.95. The zero-order valence-electron chi connectivity index (χ0n) is 11.8. The van der Waals surface area contributed by atoms with E-state index in [1.54, 1.807) is 4.31 Å². The standard InChI is InChI=1S/C13H26N2O3S/c1-2-15(11-12-3-7-14-8-4-12)19(16,17)13-5-9-18-10-6-13/h12-14H,2-11H2,1H3. The fraction of sp³-hybridized carbons (Fsp3) is 1.00. The van der Waals surface area contributed by atoms with Crippen molar-refractivity contribution in [2.24, 2.45) is 5.92 Å².